The molecule has 2 rings (SSSR count). The highest BCUT2D eigenvalue weighted by Crippen LogP contribution is 2.25. The molecular formula is C15H20N2O3. The maximum absolute atomic E-state index is 12.1. The van der Waals surface area contributed by atoms with Crippen molar-refractivity contribution in [1.82, 2.24) is 5.32 Å². The van der Waals surface area contributed by atoms with Crippen LogP contribution in [0, 0.1) is 5.92 Å². The molecule has 1 fully saturated rings. The second-order valence-electron chi connectivity index (χ2n) is 5.25. The van der Waals surface area contributed by atoms with Crippen molar-refractivity contribution < 1.29 is 14.7 Å². The van der Waals surface area contributed by atoms with Gasteiger partial charge in [0.15, 0.2) is 0 Å². The van der Waals surface area contributed by atoms with E-state index in [2.05, 4.69) is 5.32 Å². The third kappa shape index (κ3) is 3.57. The van der Waals surface area contributed by atoms with Crippen LogP contribution in [0.15, 0.2) is 24.3 Å². The van der Waals surface area contributed by atoms with E-state index >= 15 is 0 Å². The van der Waals surface area contributed by atoms with Crippen LogP contribution >= 0.6 is 0 Å². The smallest absolute Gasteiger partial charge is 0.306 e. The van der Waals surface area contributed by atoms with E-state index < -0.39 is 5.97 Å². The van der Waals surface area contributed by atoms with E-state index in [0.29, 0.717) is 24.9 Å². The van der Waals surface area contributed by atoms with E-state index in [0.717, 1.165) is 18.4 Å². The number of hydrogen-bond acceptors (Lipinski definition) is 3. The number of amides is 1. The van der Waals surface area contributed by atoms with Crippen LogP contribution in [-0.4, -0.2) is 29.6 Å². The van der Waals surface area contributed by atoms with Crippen LogP contribution in [0.25, 0.3) is 0 Å². The number of hydrogen-bond donors (Lipinski definition) is 3. The van der Waals surface area contributed by atoms with Gasteiger partial charge in [0.25, 0.3) is 5.91 Å². The molecule has 0 heterocycles. The molecule has 4 N–H and O–H groups in total. The van der Waals surface area contributed by atoms with Crippen molar-refractivity contribution in [3.63, 3.8) is 0 Å². The molecule has 1 saturated carbocycles. The molecule has 0 aliphatic heterocycles. The van der Waals surface area contributed by atoms with Gasteiger partial charge in [0.2, 0.25) is 0 Å². The number of carboxylic acid groups (broad SMARTS) is 1. The zero-order valence-corrected chi connectivity index (χ0v) is 11.3. The highest BCUT2D eigenvalue weighted by atomic mass is 16.4. The summed E-state index contributed by atoms with van der Waals surface area (Å²) in [5, 5.41) is 11.8. The Bertz CT molecular complexity index is 484. The largest absolute Gasteiger partial charge is 0.481 e. The van der Waals surface area contributed by atoms with Gasteiger partial charge in [0, 0.05) is 11.6 Å². The molecule has 5 nitrogen and oxygen atoms in total. The molecule has 5 heteroatoms. The number of nitrogens with one attached hydrogen (secondary N) is 1. The molecule has 1 aliphatic rings. The predicted octanol–water partition coefficient (Wildman–Crippen LogP) is 1.17. The summed E-state index contributed by atoms with van der Waals surface area (Å²) in [7, 11) is 0. The quantitative estimate of drug-likeness (QED) is 0.752. The number of carbonyl (C=O) groups excluding carboxylic acids is 1. The molecule has 0 radical (unpaired) electrons. The van der Waals surface area contributed by atoms with Crippen LogP contribution in [0.1, 0.15) is 35.2 Å². The van der Waals surface area contributed by atoms with Gasteiger partial charge < -0.3 is 16.2 Å². The van der Waals surface area contributed by atoms with E-state index in [1.807, 2.05) is 12.1 Å². The summed E-state index contributed by atoms with van der Waals surface area (Å²) < 4.78 is 0. The van der Waals surface area contributed by atoms with Gasteiger partial charge in [-0.05, 0) is 49.9 Å². The van der Waals surface area contributed by atoms with E-state index in [9.17, 15) is 9.59 Å². The van der Waals surface area contributed by atoms with Crippen molar-refractivity contribution in [3.8, 4) is 0 Å². The van der Waals surface area contributed by atoms with Crippen LogP contribution < -0.4 is 11.1 Å². The lowest BCUT2D eigenvalue weighted by Gasteiger charge is -2.12. The van der Waals surface area contributed by atoms with Crippen LogP contribution in [0.3, 0.4) is 0 Å². The van der Waals surface area contributed by atoms with Crippen LogP contribution in [-0.2, 0) is 11.2 Å². The lowest BCUT2D eigenvalue weighted by molar-refractivity contribution is -0.141. The van der Waals surface area contributed by atoms with E-state index in [-0.39, 0.29) is 17.9 Å². The average molecular weight is 276 g/mol. The monoisotopic (exact) mass is 276 g/mol. The number of benzene rings is 1. The Labute approximate surface area is 118 Å². The number of rotatable bonds is 5. The summed E-state index contributed by atoms with van der Waals surface area (Å²) >= 11 is 0. The molecular weight excluding hydrogens is 256 g/mol. The average Bonchev–Trinajstić information content (AvgIpc) is 2.88. The third-order valence-corrected chi connectivity index (χ3v) is 3.77. The SMILES string of the molecule is NCCc1ccc(C(=O)N[C@H]2CC[C@@H](C(=O)O)C2)cc1. The minimum Gasteiger partial charge on any atom is -0.481 e. The first-order valence-corrected chi connectivity index (χ1v) is 6.93. The fraction of sp³-hybridized carbons (Fsp3) is 0.467. The second kappa shape index (κ2) is 6.52. The van der Waals surface area contributed by atoms with E-state index in [1.165, 1.54) is 0 Å². The first kappa shape index (κ1) is 14.5. The second-order valence-corrected chi connectivity index (χ2v) is 5.25. The van der Waals surface area contributed by atoms with Crippen LogP contribution in [0.2, 0.25) is 0 Å². The van der Waals surface area contributed by atoms with Crippen molar-refractivity contribution in [1.29, 1.82) is 0 Å². The normalized spacial score (nSPS) is 21.6. The summed E-state index contributed by atoms with van der Waals surface area (Å²) in [4.78, 5) is 22.9. The van der Waals surface area contributed by atoms with Gasteiger partial charge in [-0.3, -0.25) is 9.59 Å². The lowest BCUT2D eigenvalue weighted by Crippen LogP contribution is -2.33. The highest BCUT2D eigenvalue weighted by Gasteiger charge is 2.30. The number of nitrogens with two attached hydrogens (primary N) is 1. The molecule has 1 aromatic rings. The molecule has 108 valence electrons. The van der Waals surface area contributed by atoms with E-state index in [1.54, 1.807) is 12.1 Å². The predicted molar refractivity (Wildman–Crippen MR) is 75.4 cm³/mol. The molecule has 1 aliphatic carbocycles. The topological polar surface area (TPSA) is 92.4 Å². The molecule has 2 atom stereocenters. The van der Waals surface area contributed by atoms with Gasteiger partial charge >= 0.3 is 5.97 Å². The Morgan fingerprint density at radius 1 is 1.25 bits per heavy atom. The molecule has 0 bridgehead atoms. The van der Waals surface area contributed by atoms with Crippen molar-refractivity contribution in [2.24, 2.45) is 11.7 Å². The summed E-state index contributed by atoms with van der Waals surface area (Å²) in [5.74, 6) is -1.24. The summed E-state index contributed by atoms with van der Waals surface area (Å²) in [6, 6.07) is 7.33. The molecule has 0 saturated heterocycles. The Kier molecular flexibility index (Phi) is 4.74. The first-order chi connectivity index (χ1) is 9.60. The lowest BCUT2D eigenvalue weighted by atomic mass is 10.1. The molecule has 0 unspecified atom stereocenters. The zero-order chi connectivity index (χ0) is 14.5. The van der Waals surface area contributed by atoms with Gasteiger partial charge in [-0.25, -0.2) is 0 Å². The van der Waals surface area contributed by atoms with Gasteiger partial charge in [0.1, 0.15) is 0 Å². The van der Waals surface area contributed by atoms with Crippen LogP contribution in [0.4, 0.5) is 0 Å². The van der Waals surface area contributed by atoms with Crippen molar-refractivity contribution in [2.75, 3.05) is 6.54 Å². The van der Waals surface area contributed by atoms with Gasteiger partial charge in [-0.2, -0.15) is 0 Å². The minimum absolute atomic E-state index is 0.0349. The Morgan fingerprint density at radius 2 is 1.95 bits per heavy atom. The van der Waals surface area contributed by atoms with Gasteiger partial charge in [-0.1, -0.05) is 12.1 Å². The summed E-state index contributed by atoms with van der Waals surface area (Å²) in [6.45, 7) is 0.587. The summed E-state index contributed by atoms with van der Waals surface area (Å²) in [6.07, 6.45) is 2.68. The molecule has 0 spiro atoms. The van der Waals surface area contributed by atoms with Crippen molar-refractivity contribution in [2.45, 2.75) is 31.7 Å². The minimum atomic E-state index is -0.770. The Morgan fingerprint density at radius 3 is 2.50 bits per heavy atom. The highest BCUT2D eigenvalue weighted by molar-refractivity contribution is 5.94. The number of carboxylic acids is 1. The number of carbonyl (C=O) groups is 2. The number of aliphatic carboxylic acids is 1. The van der Waals surface area contributed by atoms with Gasteiger partial charge in [0.05, 0.1) is 5.92 Å². The molecule has 0 aromatic heterocycles. The maximum atomic E-state index is 12.1. The third-order valence-electron chi connectivity index (χ3n) is 3.77. The molecule has 20 heavy (non-hydrogen) atoms. The Balaban J connectivity index is 1.90. The van der Waals surface area contributed by atoms with Crippen molar-refractivity contribution in [3.05, 3.63) is 35.4 Å². The fourth-order valence-electron chi connectivity index (χ4n) is 2.60. The van der Waals surface area contributed by atoms with Crippen molar-refractivity contribution >= 4 is 11.9 Å². The fourth-order valence-corrected chi connectivity index (χ4v) is 2.60. The Hall–Kier alpha value is -1.88. The van der Waals surface area contributed by atoms with E-state index in [4.69, 9.17) is 10.8 Å². The standard InChI is InChI=1S/C15H20N2O3/c16-8-7-10-1-3-11(4-2-10)14(18)17-13-6-5-12(9-13)15(19)20/h1-4,12-13H,5-9,16H2,(H,17,18)(H,19,20)/t12-,13+/m1/s1. The molecule has 1 amide bonds. The zero-order valence-electron chi connectivity index (χ0n) is 11.3. The van der Waals surface area contributed by atoms with Gasteiger partial charge in [-0.15, -0.1) is 0 Å². The van der Waals surface area contributed by atoms with Crippen LogP contribution in [0.5, 0.6) is 0 Å². The molecule has 1 aromatic carbocycles. The summed E-state index contributed by atoms with van der Waals surface area (Å²) in [5.41, 5.74) is 7.19. The maximum Gasteiger partial charge on any atom is 0.306 e. The first-order valence-electron chi connectivity index (χ1n) is 6.93.